The molecule has 0 aromatic carbocycles. The number of hydrogen-bond donors (Lipinski definition) is 0. The summed E-state index contributed by atoms with van der Waals surface area (Å²) in [7, 11) is 0. The molecule has 5 unspecified atom stereocenters. The number of ether oxygens (including phenoxy) is 1. The molecule has 0 aromatic rings. The van der Waals surface area contributed by atoms with E-state index in [1.54, 1.807) is 0 Å². The van der Waals surface area contributed by atoms with E-state index < -0.39 is 0 Å². The minimum atomic E-state index is 0.256. The molecule has 0 radical (unpaired) electrons. The normalized spacial score (nSPS) is 70.2. The Morgan fingerprint density at radius 3 is 2.20 bits per heavy atom. The van der Waals surface area contributed by atoms with E-state index in [0.29, 0.717) is 4.75 Å². The van der Waals surface area contributed by atoms with Gasteiger partial charge in [0.2, 0.25) is 0 Å². The second-order valence-corrected chi connectivity index (χ2v) is 8.39. The standard InChI is InChI=1S/C13H20OS/c1-11-6-8(7-12(11,2)14-11)9-4-5-10-13(9,3)15-10/h8-10H,4-7H2,1-3H3. The smallest absolute Gasteiger partial charge is 0.0952 e. The van der Waals surface area contributed by atoms with E-state index in [0.717, 1.165) is 17.1 Å². The van der Waals surface area contributed by atoms with Gasteiger partial charge in [-0.1, -0.05) is 0 Å². The third-order valence-electron chi connectivity index (χ3n) is 5.85. The molecule has 1 nitrogen and oxygen atoms in total. The Morgan fingerprint density at radius 1 is 1.07 bits per heavy atom. The quantitative estimate of drug-likeness (QED) is 0.634. The highest BCUT2D eigenvalue weighted by molar-refractivity contribution is 8.08. The molecule has 2 aliphatic carbocycles. The average molecular weight is 224 g/mol. The second-order valence-electron chi connectivity index (χ2n) is 6.71. The van der Waals surface area contributed by atoms with E-state index in [2.05, 4.69) is 32.5 Å². The van der Waals surface area contributed by atoms with Crippen LogP contribution >= 0.6 is 11.8 Å². The first-order valence-electron chi connectivity index (χ1n) is 6.35. The van der Waals surface area contributed by atoms with Crippen molar-refractivity contribution < 1.29 is 4.74 Å². The summed E-state index contributed by atoms with van der Waals surface area (Å²) in [4.78, 5) is 0. The Hall–Kier alpha value is 0.310. The highest BCUT2D eigenvalue weighted by Gasteiger charge is 2.72. The summed E-state index contributed by atoms with van der Waals surface area (Å²) in [6.45, 7) is 7.15. The first kappa shape index (κ1) is 9.35. The first-order valence-corrected chi connectivity index (χ1v) is 7.23. The molecule has 0 aromatic heterocycles. The van der Waals surface area contributed by atoms with Crippen LogP contribution < -0.4 is 0 Å². The van der Waals surface area contributed by atoms with Crippen LogP contribution in [0.25, 0.3) is 0 Å². The zero-order valence-electron chi connectivity index (χ0n) is 9.88. The van der Waals surface area contributed by atoms with E-state index >= 15 is 0 Å². The lowest BCUT2D eigenvalue weighted by Gasteiger charge is -2.27. The molecule has 2 saturated carbocycles. The third kappa shape index (κ3) is 0.969. The number of hydrogen-bond acceptors (Lipinski definition) is 2. The molecule has 2 aliphatic heterocycles. The third-order valence-corrected chi connectivity index (χ3v) is 7.71. The van der Waals surface area contributed by atoms with Crippen molar-refractivity contribution >= 4 is 11.8 Å². The van der Waals surface area contributed by atoms with Crippen molar-refractivity contribution in [2.75, 3.05) is 0 Å². The van der Waals surface area contributed by atoms with Crippen LogP contribution in [0.2, 0.25) is 0 Å². The molecule has 4 fully saturated rings. The fourth-order valence-electron chi connectivity index (χ4n) is 4.61. The van der Waals surface area contributed by atoms with Gasteiger partial charge in [0.05, 0.1) is 11.2 Å². The Balaban J connectivity index is 1.57. The molecule has 0 spiro atoms. The molecule has 2 heterocycles. The minimum Gasteiger partial charge on any atom is -0.363 e. The number of rotatable bonds is 1. The maximum absolute atomic E-state index is 5.89. The van der Waals surface area contributed by atoms with Crippen LogP contribution in [-0.4, -0.2) is 21.2 Å². The van der Waals surface area contributed by atoms with Crippen molar-refractivity contribution in [1.82, 2.24) is 0 Å². The first-order chi connectivity index (χ1) is 6.97. The number of fused-ring (bicyclic) bond motifs is 2. The van der Waals surface area contributed by atoms with Gasteiger partial charge in [-0.2, -0.15) is 0 Å². The molecule has 4 aliphatic rings. The van der Waals surface area contributed by atoms with E-state index in [4.69, 9.17) is 4.74 Å². The second kappa shape index (κ2) is 2.28. The Kier molecular flexibility index (Phi) is 1.42. The summed E-state index contributed by atoms with van der Waals surface area (Å²) < 4.78 is 6.57. The zero-order valence-corrected chi connectivity index (χ0v) is 10.7. The molecule has 4 rings (SSSR count). The molecular weight excluding hydrogens is 204 g/mol. The highest BCUT2D eigenvalue weighted by atomic mass is 32.2. The Morgan fingerprint density at radius 2 is 1.73 bits per heavy atom. The predicted molar refractivity (Wildman–Crippen MR) is 63.1 cm³/mol. The molecule has 84 valence electrons. The summed E-state index contributed by atoms with van der Waals surface area (Å²) in [5, 5.41) is 1.01. The van der Waals surface area contributed by atoms with E-state index in [9.17, 15) is 0 Å². The summed E-state index contributed by atoms with van der Waals surface area (Å²) in [6, 6.07) is 0. The van der Waals surface area contributed by atoms with Crippen molar-refractivity contribution in [3.05, 3.63) is 0 Å². The Labute approximate surface area is 96.3 Å². The summed E-state index contributed by atoms with van der Waals surface area (Å²) in [5.74, 6) is 1.95. The van der Waals surface area contributed by atoms with Gasteiger partial charge in [0.1, 0.15) is 0 Å². The van der Waals surface area contributed by atoms with Gasteiger partial charge in [-0.05, 0) is 58.3 Å². The van der Waals surface area contributed by atoms with Gasteiger partial charge in [-0.25, -0.2) is 0 Å². The summed E-state index contributed by atoms with van der Waals surface area (Å²) >= 11 is 2.25. The largest absolute Gasteiger partial charge is 0.363 e. The molecular formula is C13H20OS. The fraction of sp³-hybridized carbons (Fsp3) is 1.00. The lowest BCUT2D eigenvalue weighted by molar-refractivity contribution is 0.154. The topological polar surface area (TPSA) is 12.5 Å². The van der Waals surface area contributed by atoms with E-state index in [1.165, 1.54) is 25.7 Å². The van der Waals surface area contributed by atoms with Crippen LogP contribution in [0.3, 0.4) is 0 Å². The minimum absolute atomic E-state index is 0.256. The monoisotopic (exact) mass is 224 g/mol. The van der Waals surface area contributed by atoms with Gasteiger partial charge in [0.15, 0.2) is 0 Å². The maximum Gasteiger partial charge on any atom is 0.0952 e. The molecule has 15 heavy (non-hydrogen) atoms. The fourth-order valence-corrected chi connectivity index (χ4v) is 6.19. The zero-order chi connectivity index (χ0) is 10.5. The molecule has 0 amide bonds. The van der Waals surface area contributed by atoms with Gasteiger partial charge in [-0.3, -0.25) is 0 Å². The van der Waals surface area contributed by atoms with Crippen LogP contribution in [-0.2, 0) is 4.74 Å². The van der Waals surface area contributed by atoms with Crippen LogP contribution in [0.1, 0.15) is 46.5 Å². The van der Waals surface area contributed by atoms with Gasteiger partial charge in [0, 0.05) is 10.00 Å². The van der Waals surface area contributed by atoms with Crippen LogP contribution in [0.15, 0.2) is 0 Å². The Bertz CT molecular complexity index is 325. The van der Waals surface area contributed by atoms with Gasteiger partial charge in [-0.15, -0.1) is 11.8 Å². The molecule has 2 heteroatoms. The van der Waals surface area contributed by atoms with Crippen LogP contribution in [0.4, 0.5) is 0 Å². The molecule has 0 N–H and O–H groups in total. The number of epoxide rings is 1. The van der Waals surface area contributed by atoms with Gasteiger partial charge < -0.3 is 4.74 Å². The highest BCUT2D eigenvalue weighted by Crippen LogP contribution is 2.72. The van der Waals surface area contributed by atoms with Crippen LogP contribution in [0, 0.1) is 11.8 Å². The predicted octanol–water partition coefficient (Wildman–Crippen LogP) is 3.23. The van der Waals surface area contributed by atoms with Gasteiger partial charge in [0.25, 0.3) is 0 Å². The number of thioether (sulfide) groups is 1. The summed E-state index contributed by atoms with van der Waals surface area (Å²) in [6.07, 6.45) is 5.63. The van der Waals surface area contributed by atoms with Crippen molar-refractivity contribution in [2.45, 2.75) is 67.7 Å². The van der Waals surface area contributed by atoms with Crippen molar-refractivity contribution in [1.29, 1.82) is 0 Å². The SMILES string of the molecule is CC12SC1CCC2C1CC2(C)OC2(C)C1. The van der Waals surface area contributed by atoms with E-state index in [1.807, 2.05) is 0 Å². The summed E-state index contributed by atoms with van der Waals surface area (Å²) in [5.41, 5.74) is 0.511. The van der Waals surface area contributed by atoms with Crippen molar-refractivity contribution in [2.24, 2.45) is 11.8 Å². The molecule has 5 atom stereocenters. The maximum atomic E-state index is 5.89. The lowest BCUT2D eigenvalue weighted by atomic mass is 9.82. The average Bonchev–Trinajstić information content (AvgIpc) is 2.82. The lowest BCUT2D eigenvalue weighted by Crippen LogP contribution is -2.25. The van der Waals surface area contributed by atoms with Crippen LogP contribution in [0.5, 0.6) is 0 Å². The molecule has 2 saturated heterocycles. The molecule has 0 bridgehead atoms. The van der Waals surface area contributed by atoms with Crippen molar-refractivity contribution in [3.63, 3.8) is 0 Å². The van der Waals surface area contributed by atoms with Crippen molar-refractivity contribution in [3.8, 4) is 0 Å². The van der Waals surface area contributed by atoms with E-state index in [-0.39, 0.29) is 11.2 Å². The van der Waals surface area contributed by atoms with Gasteiger partial charge >= 0.3 is 0 Å².